The maximum absolute atomic E-state index is 13.8. The lowest BCUT2D eigenvalue weighted by molar-refractivity contribution is -0.116. The molecule has 0 aliphatic carbocycles. The van der Waals surface area contributed by atoms with E-state index in [0.29, 0.717) is 31.9 Å². The first-order valence-electron chi connectivity index (χ1n) is 12.4. The van der Waals surface area contributed by atoms with Crippen molar-refractivity contribution in [3.8, 4) is 5.75 Å². The van der Waals surface area contributed by atoms with Gasteiger partial charge in [-0.25, -0.2) is 0 Å². The molecule has 34 heavy (non-hydrogen) atoms. The van der Waals surface area contributed by atoms with E-state index in [1.54, 1.807) is 6.92 Å². The fourth-order valence-electron chi connectivity index (χ4n) is 4.87. The molecule has 3 aromatic rings. The van der Waals surface area contributed by atoms with Crippen molar-refractivity contribution in [2.75, 3.05) is 24.6 Å². The molecule has 1 aromatic heterocycles. The van der Waals surface area contributed by atoms with Crippen LogP contribution in [0.15, 0.2) is 48.5 Å². The van der Waals surface area contributed by atoms with E-state index in [9.17, 15) is 9.59 Å². The predicted molar refractivity (Wildman–Crippen MR) is 136 cm³/mol. The van der Waals surface area contributed by atoms with Crippen LogP contribution < -0.4 is 9.64 Å². The van der Waals surface area contributed by atoms with Crippen molar-refractivity contribution in [3.63, 3.8) is 0 Å². The summed E-state index contributed by atoms with van der Waals surface area (Å²) < 4.78 is 7.62. The molecule has 0 unspecified atom stereocenters. The van der Waals surface area contributed by atoms with Gasteiger partial charge in [0.25, 0.3) is 5.91 Å². The zero-order valence-corrected chi connectivity index (χ0v) is 20.5. The molecule has 0 bridgehead atoms. The highest BCUT2D eigenvalue weighted by Crippen LogP contribution is 2.28. The second-order valence-electron chi connectivity index (χ2n) is 9.04. The molecule has 1 aliphatic heterocycles. The monoisotopic (exact) mass is 461 g/mol. The van der Waals surface area contributed by atoms with Crippen LogP contribution in [0.5, 0.6) is 5.75 Å². The van der Waals surface area contributed by atoms with Crippen LogP contribution in [0.2, 0.25) is 0 Å². The van der Waals surface area contributed by atoms with Crippen LogP contribution in [0.3, 0.4) is 0 Å². The molecular weight excluding hydrogens is 426 g/mol. The number of hydrogen-bond acceptors (Lipinski definition) is 3. The molecule has 6 nitrogen and oxygen atoms in total. The number of aryl methyl sites for hydroxylation is 1. The quantitative estimate of drug-likeness (QED) is 0.515. The zero-order valence-electron chi connectivity index (χ0n) is 20.5. The smallest absolute Gasteiger partial charge is 0.270 e. The number of amides is 2. The number of aromatic nitrogens is 1. The van der Waals surface area contributed by atoms with Gasteiger partial charge in [0, 0.05) is 50.2 Å². The first-order chi connectivity index (χ1) is 16.5. The molecule has 1 aliphatic rings. The van der Waals surface area contributed by atoms with Crippen molar-refractivity contribution in [1.82, 2.24) is 9.47 Å². The molecule has 6 heteroatoms. The highest BCUT2D eigenvalue weighted by atomic mass is 16.5. The van der Waals surface area contributed by atoms with Crippen molar-refractivity contribution < 1.29 is 14.3 Å². The number of rotatable bonds is 3. The molecule has 0 fully saturated rings. The van der Waals surface area contributed by atoms with E-state index in [2.05, 4.69) is 0 Å². The Bertz CT molecular complexity index is 1170. The standard InChI is InChI=1S/C28H35N3O3/c1-4-34-24-14-15-25-23(18-24)19-27(29(25)3)28(33)30-16-10-6-5-7-11-17-31(21(2)32)26-13-9-8-12-22(26)20-30/h8-9,12-15,18-19H,4-7,10-11,16-17,20H2,1-3H3. The summed E-state index contributed by atoms with van der Waals surface area (Å²) in [5, 5.41) is 0.995. The second-order valence-corrected chi connectivity index (χ2v) is 9.04. The van der Waals surface area contributed by atoms with Crippen LogP contribution >= 0.6 is 0 Å². The van der Waals surface area contributed by atoms with Gasteiger partial charge in [0.1, 0.15) is 11.4 Å². The van der Waals surface area contributed by atoms with E-state index in [-0.39, 0.29) is 11.8 Å². The number of hydrogen-bond donors (Lipinski definition) is 0. The molecule has 2 aromatic carbocycles. The van der Waals surface area contributed by atoms with Crippen molar-refractivity contribution in [2.45, 2.75) is 52.5 Å². The van der Waals surface area contributed by atoms with E-state index >= 15 is 0 Å². The number of anilines is 1. The average Bonchev–Trinajstić information content (AvgIpc) is 3.15. The third-order valence-corrected chi connectivity index (χ3v) is 6.66. The number of carbonyl (C=O) groups is 2. The van der Waals surface area contributed by atoms with Gasteiger partial charge in [-0.2, -0.15) is 0 Å². The molecule has 0 N–H and O–H groups in total. The van der Waals surface area contributed by atoms with Gasteiger partial charge in [0.15, 0.2) is 0 Å². The Hall–Kier alpha value is -3.28. The Morgan fingerprint density at radius 3 is 2.44 bits per heavy atom. The SMILES string of the molecule is CCOc1ccc2c(c1)cc(C(=O)N1CCCCCCCN(C(C)=O)c3ccccc3C1)n2C. The van der Waals surface area contributed by atoms with E-state index in [1.165, 1.54) is 0 Å². The third kappa shape index (κ3) is 5.11. The van der Waals surface area contributed by atoms with E-state index in [1.807, 2.05) is 76.9 Å². The Balaban J connectivity index is 1.69. The number of benzene rings is 2. The number of fused-ring (bicyclic) bond motifs is 2. The molecule has 0 spiro atoms. The minimum Gasteiger partial charge on any atom is -0.494 e. The van der Waals surface area contributed by atoms with Crippen LogP contribution in [-0.2, 0) is 18.4 Å². The average molecular weight is 462 g/mol. The number of ether oxygens (including phenoxy) is 1. The lowest BCUT2D eigenvalue weighted by atomic mass is 10.1. The lowest BCUT2D eigenvalue weighted by Gasteiger charge is -2.29. The summed E-state index contributed by atoms with van der Waals surface area (Å²) in [6.45, 7) is 6.08. The Morgan fingerprint density at radius 2 is 1.68 bits per heavy atom. The van der Waals surface area contributed by atoms with Gasteiger partial charge < -0.3 is 19.1 Å². The molecule has 0 saturated heterocycles. The number of carbonyl (C=O) groups excluding carboxylic acids is 2. The molecule has 0 radical (unpaired) electrons. The molecule has 2 amide bonds. The second kappa shape index (κ2) is 10.8. The first-order valence-corrected chi connectivity index (χ1v) is 12.4. The van der Waals surface area contributed by atoms with Crippen molar-refractivity contribution >= 4 is 28.4 Å². The van der Waals surface area contributed by atoms with Gasteiger partial charge in [-0.1, -0.05) is 37.5 Å². The van der Waals surface area contributed by atoms with Crippen LogP contribution in [0.25, 0.3) is 10.9 Å². The molecule has 0 atom stereocenters. The highest BCUT2D eigenvalue weighted by Gasteiger charge is 2.23. The zero-order chi connectivity index (χ0) is 24.1. The topological polar surface area (TPSA) is 54.8 Å². The van der Waals surface area contributed by atoms with Crippen LogP contribution in [0.4, 0.5) is 5.69 Å². The predicted octanol–water partition coefficient (Wildman–Crippen LogP) is 5.54. The third-order valence-electron chi connectivity index (χ3n) is 6.66. The van der Waals surface area contributed by atoms with Crippen LogP contribution in [0, 0.1) is 0 Å². The first kappa shape index (κ1) is 23.9. The van der Waals surface area contributed by atoms with Crippen molar-refractivity contribution in [2.24, 2.45) is 7.05 Å². The van der Waals surface area contributed by atoms with Gasteiger partial charge in [-0.05, 0) is 55.7 Å². The van der Waals surface area contributed by atoms with Gasteiger partial charge in [0.2, 0.25) is 5.91 Å². The Morgan fingerprint density at radius 1 is 0.941 bits per heavy atom. The number of para-hydroxylation sites is 1. The van der Waals surface area contributed by atoms with Gasteiger partial charge in [0.05, 0.1) is 6.61 Å². The molecule has 4 rings (SSSR count). The fourth-order valence-corrected chi connectivity index (χ4v) is 4.87. The molecular formula is C28H35N3O3. The molecule has 2 heterocycles. The minimum atomic E-state index is 0.0119. The van der Waals surface area contributed by atoms with Gasteiger partial charge in [-0.15, -0.1) is 0 Å². The fraction of sp³-hybridized carbons (Fsp3) is 0.429. The van der Waals surface area contributed by atoms with Gasteiger partial charge in [-0.3, -0.25) is 9.59 Å². The Kier molecular flexibility index (Phi) is 7.56. The summed E-state index contributed by atoms with van der Waals surface area (Å²) in [5.74, 6) is 0.864. The minimum absolute atomic E-state index is 0.0119. The van der Waals surface area contributed by atoms with Crippen LogP contribution in [-0.4, -0.2) is 41.0 Å². The van der Waals surface area contributed by atoms with Crippen molar-refractivity contribution in [1.29, 1.82) is 0 Å². The van der Waals surface area contributed by atoms with Crippen molar-refractivity contribution in [3.05, 3.63) is 59.8 Å². The summed E-state index contributed by atoms with van der Waals surface area (Å²) in [5.41, 5.74) is 3.58. The highest BCUT2D eigenvalue weighted by molar-refractivity contribution is 5.99. The summed E-state index contributed by atoms with van der Waals surface area (Å²) in [6, 6.07) is 15.9. The van der Waals surface area contributed by atoms with E-state index < -0.39 is 0 Å². The molecule has 180 valence electrons. The summed E-state index contributed by atoms with van der Waals surface area (Å²) >= 11 is 0. The normalized spacial score (nSPS) is 15.4. The Labute approximate surface area is 202 Å². The van der Waals surface area contributed by atoms with Gasteiger partial charge >= 0.3 is 0 Å². The summed E-state index contributed by atoms with van der Waals surface area (Å²) in [6.07, 6.45) is 5.26. The lowest BCUT2D eigenvalue weighted by Crippen LogP contribution is -2.35. The number of nitrogens with zero attached hydrogens (tertiary/aromatic N) is 3. The summed E-state index contributed by atoms with van der Waals surface area (Å²) in [7, 11) is 1.94. The largest absolute Gasteiger partial charge is 0.494 e. The molecule has 0 saturated carbocycles. The van der Waals surface area contributed by atoms with E-state index in [0.717, 1.165) is 60.0 Å². The maximum Gasteiger partial charge on any atom is 0.270 e. The summed E-state index contributed by atoms with van der Waals surface area (Å²) in [4.78, 5) is 30.1. The van der Waals surface area contributed by atoms with E-state index in [4.69, 9.17) is 4.74 Å². The van der Waals surface area contributed by atoms with Crippen LogP contribution in [0.1, 0.15) is 62.0 Å². The maximum atomic E-state index is 13.8.